The van der Waals surface area contributed by atoms with Crippen LogP contribution in [0.4, 0.5) is 0 Å². The van der Waals surface area contributed by atoms with Crippen LogP contribution in [0.25, 0.3) is 0 Å². The molecule has 0 aliphatic heterocycles. The van der Waals surface area contributed by atoms with Gasteiger partial charge in [-0.15, -0.1) is 0 Å². The van der Waals surface area contributed by atoms with Crippen molar-refractivity contribution in [1.29, 1.82) is 0 Å². The largest absolute Gasteiger partial charge is 0.328 e. The highest BCUT2D eigenvalue weighted by atomic mass is 15.2. The van der Waals surface area contributed by atoms with Crippen LogP contribution in [0.1, 0.15) is 38.3 Å². The van der Waals surface area contributed by atoms with Crippen molar-refractivity contribution in [3.63, 3.8) is 0 Å². The Labute approximate surface area is 86.3 Å². The average Bonchev–Trinajstić information content (AvgIpc) is 2.52. The van der Waals surface area contributed by atoms with E-state index in [1.54, 1.807) is 0 Å². The first-order chi connectivity index (χ1) is 6.74. The van der Waals surface area contributed by atoms with E-state index in [0.717, 1.165) is 19.3 Å². The van der Waals surface area contributed by atoms with Crippen LogP contribution < -0.4 is 5.73 Å². The Hall–Kier alpha value is -0.830. The van der Waals surface area contributed by atoms with Gasteiger partial charge in [0.25, 0.3) is 0 Å². The topological polar surface area (TPSA) is 43.8 Å². The van der Waals surface area contributed by atoms with E-state index in [-0.39, 0.29) is 0 Å². The van der Waals surface area contributed by atoms with Crippen molar-refractivity contribution in [2.75, 3.05) is 0 Å². The van der Waals surface area contributed by atoms with Crippen LogP contribution in [0.5, 0.6) is 0 Å². The Morgan fingerprint density at radius 2 is 2.29 bits per heavy atom. The lowest BCUT2D eigenvalue weighted by Gasteiger charge is -2.09. The van der Waals surface area contributed by atoms with Crippen LogP contribution in [0.3, 0.4) is 0 Å². The second-order valence-corrected chi connectivity index (χ2v) is 3.89. The molecule has 0 bridgehead atoms. The number of aryl methyl sites for hydroxylation is 2. The van der Waals surface area contributed by atoms with Gasteiger partial charge >= 0.3 is 0 Å². The standard InChI is InChI=1S/C11H21N3/c1-3-5-10(12)6-4-7-11-8-9-13-14(11)2/h8-10H,3-7,12H2,1-2H3. The molecule has 1 rings (SSSR count). The van der Waals surface area contributed by atoms with Gasteiger partial charge in [-0.3, -0.25) is 4.68 Å². The monoisotopic (exact) mass is 195 g/mol. The number of nitrogens with two attached hydrogens (primary N) is 1. The third-order valence-corrected chi connectivity index (χ3v) is 2.59. The van der Waals surface area contributed by atoms with Crippen molar-refractivity contribution in [1.82, 2.24) is 9.78 Å². The van der Waals surface area contributed by atoms with Crippen LogP contribution >= 0.6 is 0 Å². The zero-order valence-electron chi connectivity index (χ0n) is 9.24. The second kappa shape index (κ2) is 5.81. The highest BCUT2D eigenvalue weighted by molar-refractivity contribution is 4.99. The molecule has 1 heterocycles. The Balaban J connectivity index is 2.19. The van der Waals surface area contributed by atoms with Gasteiger partial charge in [-0.2, -0.15) is 5.10 Å². The van der Waals surface area contributed by atoms with Gasteiger partial charge in [-0.25, -0.2) is 0 Å². The lowest BCUT2D eigenvalue weighted by molar-refractivity contribution is 0.532. The molecule has 0 fully saturated rings. The summed E-state index contributed by atoms with van der Waals surface area (Å²) in [5.74, 6) is 0. The third-order valence-electron chi connectivity index (χ3n) is 2.59. The van der Waals surface area contributed by atoms with E-state index in [0.29, 0.717) is 6.04 Å². The zero-order chi connectivity index (χ0) is 10.4. The van der Waals surface area contributed by atoms with E-state index in [1.165, 1.54) is 18.5 Å². The van der Waals surface area contributed by atoms with Crippen LogP contribution in [-0.4, -0.2) is 15.8 Å². The fraction of sp³-hybridized carbons (Fsp3) is 0.727. The van der Waals surface area contributed by atoms with E-state index in [9.17, 15) is 0 Å². The fourth-order valence-electron chi connectivity index (χ4n) is 1.71. The van der Waals surface area contributed by atoms with Gasteiger partial charge in [-0.1, -0.05) is 13.3 Å². The van der Waals surface area contributed by atoms with Crippen molar-refractivity contribution < 1.29 is 0 Å². The van der Waals surface area contributed by atoms with Gasteiger partial charge in [0.1, 0.15) is 0 Å². The first kappa shape index (κ1) is 11.2. The predicted octanol–water partition coefficient (Wildman–Crippen LogP) is 1.87. The molecule has 1 aromatic rings. The van der Waals surface area contributed by atoms with E-state index >= 15 is 0 Å². The van der Waals surface area contributed by atoms with Gasteiger partial charge in [0.2, 0.25) is 0 Å². The normalized spacial score (nSPS) is 13.1. The molecule has 1 unspecified atom stereocenters. The summed E-state index contributed by atoms with van der Waals surface area (Å²) in [7, 11) is 1.99. The molecule has 0 aliphatic rings. The Morgan fingerprint density at radius 3 is 2.86 bits per heavy atom. The van der Waals surface area contributed by atoms with Crippen molar-refractivity contribution >= 4 is 0 Å². The minimum atomic E-state index is 0.383. The van der Waals surface area contributed by atoms with Gasteiger partial charge in [-0.05, 0) is 31.7 Å². The van der Waals surface area contributed by atoms with Crippen LogP contribution in [-0.2, 0) is 13.5 Å². The average molecular weight is 195 g/mol. The zero-order valence-corrected chi connectivity index (χ0v) is 9.24. The summed E-state index contributed by atoms with van der Waals surface area (Å²) >= 11 is 0. The first-order valence-electron chi connectivity index (χ1n) is 5.46. The molecule has 0 amide bonds. The molecule has 3 nitrogen and oxygen atoms in total. The molecule has 1 aromatic heterocycles. The maximum atomic E-state index is 5.94. The summed E-state index contributed by atoms with van der Waals surface area (Å²) in [6, 6.07) is 2.46. The van der Waals surface area contributed by atoms with E-state index < -0.39 is 0 Å². The Kier molecular flexibility index (Phi) is 4.66. The van der Waals surface area contributed by atoms with Gasteiger partial charge in [0.15, 0.2) is 0 Å². The van der Waals surface area contributed by atoms with Crippen molar-refractivity contribution in [2.24, 2.45) is 12.8 Å². The third kappa shape index (κ3) is 3.50. The molecule has 0 aromatic carbocycles. The van der Waals surface area contributed by atoms with Gasteiger partial charge in [0.05, 0.1) is 0 Å². The van der Waals surface area contributed by atoms with Crippen LogP contribution in [0, 0.1) is 0 Å². The lowest BCUT2D eigenvalue weighted by Crippen LogP contribution is -2.19. The maximum absolute atomic E-state index is 5.94. The molecule has 0 saturated carbocycles. The number of rotatable bonds is 6. The highest BCUT2D eigenvalue weighted by Crippen LogP contribution is 2.07. The highest BCUT2D eigenvalue weighted by Gasteiger charge is 2.02. The summed E-state index contributed by atoms with van der Waals surface area (Å²) in [6.07, 6.45) is 7.56. The van der Waals surface area contributed by atoms with Crippen LogP contribution in [0.2, 0.25) is 0 Å². The molecule has 2 N–H and O–H groups in total. The summed E-state index contributed by atoms with van der Waals surface area (Å²) in [5.41, 5.74) is 7.24. The minimum Gasteiger partial charge on any atom is -0.328 e. The molecular weight excluding hydrogens is 174 g/mol. The predicted molar refractivity (Wildman–Crippen MR) is 59.0 cm³/mol. The summed E-state index contributed by atoms with van der Waals surface area (Å²) < 4.78 is 1.94. The smallest absolute Gasteiger partial charge is 0.0492 e. The fourth-order valence-corrected chi connectivity index (χ4v) is 1.71. The Morgan fingerprint density at radius 1 is 1.50 bits per heavy atom. The second-order valence-electron chi connectivity index (χ2n) is 3.89. The SMILES string of the molecule is CCCC(N)CCCc1ccnn1C. The molecule has 1 atom stereocenters. The number of hydrogen-bond acceptors (Lipinski definition) is 2. The van der Waals surface area contributed by atoms with E-state index in [2.05, 4.69) is 18.1 Å². The number of nitrogens with zero attached hydrogens (tertiary/aromatic N) is 2. The molecule has 0 saturated heterocycles. The minimum absolute atomic E-state index is 0.383. The lowest BCUT2D eigenvalue weighted by atomic mass is 10.1. The Bertz CT molecular complexity index is 255. The molecule has 0 radical (unpaired) electrons. The number of aromatic nitrogens is 2. The summed E-state index contributed by atoms with van der Waals surface area (Å²) in [6.45, 7) is 2.18. The van der Waals surface area contributed by atoms with E-state index in [1.807, 2.05) is 17.9 Å². The van der Waals surface area contributed by atoms with Gasteiger partial charge < -0.3 is 5.73 Å². The van der Waals surface area contributed by atoms with Crippen molar-refractivity contribution in [3.8, 4) is 0 Å². The quantitative estimate of drug-likeness (QED) is 0.753. The van der Waals surface area contributed by atoms with Crippen molar-refractivity contribution in [2.45, 2.75) is 45.1 Å². The molecule has 3 heteroatoms. The molecular formula is C11H21N3. The van der Waals surface area contributed by atoms with Crippen LogP contribution in [0.15, 0.2) is 12.3 Å². The molecule has 14 heavy (non-hydrogen) atoms. The molecule has 0 aliphatic carbocycles. The number of hydrogen-bond donors (Lipinski definition) is 1. The summed E-state index contributed by atoms with van der Waals surface area (Å²) in [5, 5.41) is 4.14. The molecule has 0 spiro atoms. The first-order valence-corrected chi connectivity index (χ1v) is 5.46. The van der Waals surface area contributed by atoms with Crippen molar-refractivity contribution in [3.05, 3.63) is 18.0 Å². The summed E-state index contributed by atoms with van der Waals surface area (Å²) in [4.78, 5) is 0. The van der Waals surface area contributed by atoms with E-state index in [4.69, 9.17) is 5.73 Å². The van der Waals surface area contributed by atoms with Gasteiger partial charge in [0, 0.05) is 25.0 Å². The maximum Gasteiger partial charge on any atom is 0.0492 e. The molecule has 80 valence electrons.